The third kappa shape index (κ3) is 4.82. The SMILES string of the molecule is COc1cccc(NC(=O)c2ccc(NS(=O)(=O)c3ccc(Cl)cc3)cc2)c1. The first-order chi connectivity index (χ1) is 13.4. The summed E-state index contributed by atoms with van der Waals surface area (Å²) in [5, 5.41) is 3.21. The van der Waals surface area contributed by atoms with Crippen molar-refractivity contribution in [2.45, 2.75) is 4.90 Å². The lowest BCUT2D eigenvalue weighted by Gasteiger charge is -2.10. The molecule has 0 saturated carbocycles. The summed E-state index contributed by atoms with van der Waals surface area (Å²) in [7, 11) is -2.20. The highest BCUT2D eigenvalue weighted by Gasteiger charge is 2.14. The Labute approximate surface area is 168 Å². The molecule has 0 aliphatic heterocycles. The molecule has 0 aromatic heterocycles. The molecule has 1 amide bonds. The zero-order valence-electron chi connectivity index (χ0n) is 14.8. The van der Waals surface area contributed by atoms with Crippen molar-refractivity contribution in [3.63, 3.8) is 0 Å². The van der Waals surface area contributed by atoms with Crippen molar-refractivity contribution in [3.8, 4) is 5.75 Å². The highest BCUT2D eigenvalue weighted by molar-refractivity contribution is 7.92. The van der Waals surface area contributed by atoms with Crippen LogP contribution in [0, 0.1) is 0 Å². The van der Waals surface area contributed by atoms with E-state index in [0.29, 0.717) is 27.7 Å². The molecule has 0 aliphatic rings. The van der Waals surface area contributed by atoms with Crippen molar-refractivity contribution >= 4 is 38.9 Å². The first-order valence-corrected chi connectivity index (χ1v) is 10.1. The Hall–Kier alpha value is -3.03. The molecule has 3 aromatic carbocycles. The fraction of sp³-hybridized carbons (Fsp3) is 0.0500. The summed E-state index contributed by atoms with van der Waals surface area (Å²) >= 11 is 5.78. The van der Waals surface area contributed by atoms with Crippen LogP contribution in [0.3, 0.4) is 0 Å². The predicted molar refractivity (Wildman–Crippen MR) is 110 cm³/mol. The molecule has 144 valence electrons. The van der Waals surface area contributed by atoms with Crippen LogP contribution in [-0.4, -0.2) is 21.4 Å². The molecule has 0 bridgehead atoms. The van der Waals surface area contributed by atoms with Gasteiger partial charge in [-0.1, -0.05) is 17.7 Å². The van der Waals surface area contributed by atoms with Crippen LogP contribution in [0.4, 0.5) is 11.4 Å². The number of halogens is 1. The standard InChI is InChI=1S/C20H17ClN2O4S/c1-27-18-4-2-3-17(13-18)22-20(24)14-5-9-16(10-6-14)23-28(25,26)19-11-7-15(21)8-12-19/h2-13,23H,1H3,(H,22,24). The van der Waals surface area contributed by atoms with Crippen molar-refractivity contribution in [2.24, 2.45) is 0 Å². The summed E-state index contributed by atoms with van der Waals surface area (Å²) in [5.41, 5.74) is 1.32. The molecule has 0 heterocycles. The van der Waals surface area contributed by atoms with E-state index in [0.717, 1.165) is 0 Å². The number of ether oxygens (including phenoxy) is 1. The van der Waals surface area contributed by atoms with Crippen LogP contribution in [0.1, 0.15) is 10.4 Å². The van der Waals surface area contributed by atoms with Crippen molar-refractivity contribution in [1.82, 2.24) is 0 Å². The van der Waals surface area contributed by atoms with Crippen LogP contribution in [0.2, 0.25) is 5.02 Å². The second kappa shape index (κ2) is 8.33. The average molecular weight is 417 g/mol. The number of rotatable bonds is 6. The first kappa shape index (κ1) is 19.7. The number of hydrogen-bond donors (Lipinski definition) is 2. The molecular formula is C20H17ClN2O4S. The van der Waals surface area contributed by atoms with E-state index in [4.69, 9.17) is 16.3 Å². The van der Waals surface area contributed by atoms with E-state index >= 15 is 0 Å². The first-order valence-electron chi connectivity index (χ1n) is 8.21. The van der Waals surface area contributed by atoms with Gasteiger partial charge in [0.1, 0.15) is 5.75 Å². The maximum absolute atomic E-state index is 12.4. The van der Waals surface area contributed by atoms with Gasteiger partial charge in [-0.2, -0.15) is 0 Å². The van der Waals surface area contributed by atoms with Gasteiger partial charge in [0, 0.05) is 28.0 Å². The van der Waals surface area contributed by atoms with Gasteiger partial charge in [0.2, 0.25) is 0 Å². The lowest BCUT2D eigenvalue weighted by Crippen LogP contribution is -2.14. The zero-order valence-corrected chi connectivity index (χ0v) is 16.4. The lowest BCUT2D eigenvalue weighted by molar-refractivity contribution is 0.102. The minimum atomic E-state index is -3.74. The maximum Gasteiger partial charge on any atom is 0.261 e. The molecule has 2 N–H and O–H groups in total. The Morgan fingerprint density at radius 3 is 2.25 bits per heavy atom. The normalized spacial score (nSPS) is 10.9. The van der Waals surface area contributed by atoms with Gasteiger partial charge >= 0.3 is 0 Å². The topological polar surface area (TPSA) is 84.5 Å². The van der Waals surface area contributed by atoms with E-state index in [2.05, 4.69) is 10.0 Å². The molecule has 28 heavy (non-hydrogen) atoms. The quantitative estimate of drug-likeness (QED) is 0.623. The molecule has 6 nitrogen and oxygen atoms in total. The maximum atomic E-state index is 12.4. The molecule has 3 rings (SSSR count). The van der Waals surface area contributed by atoms with E-state index < -0.39 is 10.0 Å². The molecular weight excluding hydrogens is 400 g/mol. The van der Waals surface area contributed by atoms with E-state index in [9.17, 15) is 13.2 Å². The zero-order chi connectivity index (χ0) is 20.1. The van der Waals surface area contributed by atoms with Gasteiger partial charge in [-0.15, -0.1) is 0 Å². The summed E-state index contributed by atoms with van der Waals surface area (Å²) in [6, 6.07) is 18.9. The van der Waals surface area contributed by atoms with Crippen LogP contribution in [-0.2, 0) is 10.0 Å². The van der Waals surface area contributed by atoms with Crippen molar-refractivity contribution < 1.29 is 17.9 Å². The molecule has 0 fully saturated rings. The number of carbonyl (C=O) groups excluding carboxylic acids is 1. The van der Waals surface area contributed by atoms with E-state index in [1.807, 2.05) is 0 Å². The Bertz CT molecular complexity index is 1080. The Morgan fingerprint density at radius 2 is 1.61 bits per heavy atom. The molecule has 0 spiro atoms. The highest BCUT2D eigenvalue weighted by Crippen LogP contribution is 2.20. The minimum Gasteiger partial charge on any atom is -0.497 e. The molecule has 0 saturated heterocycles. The van der Waals surface area contributed by atoms with Crippen LogP contribution < -0.4 is 14.8 Å². The summed E-state index contributed by atoms with van der Waals surface area (Å²) in [4.78, 5) is 12.5. The lowest BCUT2D eigenvalue weighted by atomic mass is 10.2. The van der Waals surface area contributed by atoms with Crippen LogP contribution >= 0.6 is 11.6 Å². The second-order valence-corrected chi connectivity index (χ2v) is 7.94. The van der Waals surface area contributed by atoms with Gasteiger partial charge in [0.05, 0.1) is 12.0 Å². The molecule has 0 unspecified atom stereocenters. The van der Waals surface area contributed by atoms with Gasteiger partial charge in [-0.05, 0) is 60.7 Å². The molecule has 0 atom stereocenters. The predicted octanol–water partition coefficient (Wildman–Crippen LogP) is 4.40. The number of methoxy groups -OCH3 is 1. The van der Waals surface area contributed by atoms with Gasteiger partial charge in [-0.3, -0.25) is 9.52 Å². The smallest absolute Gasteiger partial charge is 0.261 e. The second-order valence-electron chi connectivity index (χ2n) is 5.82. The number of nitrogens with one attached hydrogen (secondary N) is 2. The van der Waals surface area contributed by atoms with Crippen molar-refractivity contribution in [1.29, 1.82) is 0 Å². The summed E-state index contributed by atoms with van der Waals surface area (Å²) < 4.78 is 32.4. The number of anilines is 2. The van der Waals surface area contributed by atoms with Crippen LogP contribution in [0.5, 0.6) is 5.75 Å². The van der Waals surface area contributed by atoms with Gasteiger partial charge in [-0.25, -0.2) is 8.42 Å². The van der Waals surface area contributed by atoms with E-state index in [1.54, 1.807) is 31.4 Å². The molecule has 0 radical (unpaired) electrons. The largest absolute Gasteiger partial charge is 0.497 e. The molecule has 0 aliphatic carbocycles. The fourth-order valence-electron chi connectivity index (χ4n) is 2.42. The Morgan fingerprint density at radius 1 is 0.929 bits per heavy atom. The van der Waals surface area contributed by atoms with Crippen molar-refractivity contribution in [3.05, 3.63) is 83.4 Å². The number of carbonyl (C=O) groups is 1. The third-order valence-electron chi connectivity index (χ3n) is 3.85. The molecule has 8 heteroatoms. The highest BCUT2D eigenvalue weighted by atomic mass is 35.5. The van der Waals surface area contributed by atoms with E-state index in [1.165, 1.54) is 48.5 Å². The number of amides is 1. The summed E-state index contributed by atoms with van der Waals surface area (Å²) in [6.45, 7) is 0. The number of hydrogen-bond acceptors (Lipinski definition) is 4. The van der Waals surface area contributed by atoms with Gasteiger partial charge in [0.15, 0.2) is 0 Å². The monoisotopic (exact) mass is 416 g/mol. The third-order valence-corrected chi connectivity index (χ3v) is 5.50. The van der Waals surface area contributed by atoms with Crippen molar-refractivity contribution in [2.75, 3.05) is 17.1 Å². The summed E-state index contributed by atoms with van der Waals surface area (Å²) in [5.74, 6) is 0.310. The van der Waals surface area contributed by atoms with Crippen LogP contribution in [0.15, 0.2) is 77.7 Å². The van der Waals surface area contributed by atoms with Gasteiger partial charge in [0.25, 0.3) is 15.9 Å². The summed E-state index contributed by atoms with van der Waals surface area (Å²) in [6.07, 6.45) is 0. The molecule has 3 aromatic rings. The number of sulfonamides is 1. The fourth-order valence-corrected chi connectivity index (χ4v) is 3.61. The average Bonchev–Trinajstić information content (AvgIpc) is 2.68. The number of benzene rings is 3. The Kier molecular flexibility index (Phi) is 5.87. The van der Waals surface area contributed by atoms with E-state index in [-0.39, 0.29) is 10.8 Å². The van der Waals surface area contributed by atoms with Crippen LogP contribution in [0.25, 0.3) is 0 Å². The minimum absolute atomic E-state index is 0.0942. The van der Waals surface area contributed by atoms with Gasteiger partial charge < -0.3 is 10.1 Å². The Balaban J connectivity index is 1.70.